The monoisotopic (exact) mass is 353 g/mol. The number of fused-ring (bicyclic) bond motifs is 2. The van der Waals surface area contributed by atoms with E-state index >= 15 is 0 Å². The van der Waals surface area contributed by atoms with Crippen LogP contribution in [-0.4, -0.2) is 48.1 Å². The van der Waals surface area contributed by atoms with Crippen molar-refractivity contribution in [1.82, 2.24) is 10.2 Å². The smallest absolute Gasteiger partial charge is 0.253 e. The summed E-state index contributed by atoms with van der Waals surface area (Å²) in [5.41, 5.74) is 1.43. The molecule has 0 aliphatic carbocycles. The number of hydrogen-bond acceptors (Lipinski definition) is 4. The predicted molar refractivity (Wildman–Crippen MR) is 93.4 cm³/mol. The molecular weight excluding hydrogens is 334 g/mol. The zero-order valence-corrected chi connectivity index (χ0v) is 14.5. The second kappa shape index (κ2) is 6.34. The number of hydrogen-bond donors (Lipinski definition) is 2. The average molecular weight is 354 g/mol. The van der Waals surface area contributed by atoms with Crippen LogP contribution in [0.3, 0.4) is 0 Å². The van der Waals surface area contributed by atoms with Crippen LogP contribution in [0.2, 0.25) is 0 Å². The highest BCUT2D eigenvalue weighted by atomic mass is 35.5. The Morgan fingerprint density at radius 3 is 2.65 bits per heavy atom. The van der Waals surface area contributed by atoms with Crippen molar-refractivity contribution in [2.75, 3.05) is 31.5 Å². The van der Waals surface area contributed by atoms with Crippen LogP contribution < -0.4 is 10.6 Å². The third kappa shape index (κ3) is 2.95. The third-order valence-corrected chi connectivity index (χ3v) is 6.01. The zero-order valence-electron chi connectivity index (χ0n) is 12.9. The van der Waals surface area contributed by atoms with E-state index in [4.69, 9.17) is 0 Å². The predicted octanol–water partition coefficient (Wildman–Crippen LogP) is 1.83. The molecule has 3 aliphatic heterocycles. The minimum absolute atomic E-state index is 0. The molecule has 23 heavy (non-hydrogen) atoms. The fourth-order valence-corrected chi connectivity index (χ4v) is 4.48. The lowest BCUT2D eigenvalue weighted by Gasteiger charge is -2.23. The van der Waals surface area contributed by atoms with Crippen molar-refractivity contribution < 1.29 is 9.59 Å². The average Bonchev–Trinajstić information content (AvgIpc) is 3.08. The van der Waals surface area contributed by atoms with E-state index in [-0.39, 0.29) is 29.5 Å². The van der Waals surface area contributed by atoms with Gasteiger partial charge in [-0.1, -0.05) is 0 Å². The van der Waals surface area contributed by atoms with Gasteiger partial charge in [0.1, 0.15) is 0 Å². The van der Waals surface area contributed by atoms with Crippen LogP contribution >= 0.6 is 24.2 Å². The number of nitrogens with zero attached hydrogens (tertiary/aromatic N) is 1. The maximum atomic E-state index is 12.7. The van der Waals surface area contributed by atoms with Crippen molar-refractivity contribution in [1.29, 1.82) is 0 Å². The Morgan fingerprint density at radius 1 is 1.26 bits per heavy atom. The molecule has 0 saturated carbocycles. The Bertz CT molecular complexity index is 642. The summed E-state index contributed by atoms with van der Waals surface area (Å²) in [5.74, 6) is 1.27. The van der Waals surface area contributed by atoms with Crippen LogP contribution in [0.15, 0.2) is 23.1 Å². The topological polar surface area (TPSA) is 61.4 Å². The summed E-state index contributed by atoms with van der Waals surface area (Å²) < 4.78 is 0. The first-order valence-electron chi connectivity index (χ1n) is 7.73. The largest absolute Gasteiger partial charge is 0.338 e. The number of carbonyl (C=O) groups is 2. The number of amides is 2. The van der Waals surface area contributed by atoms with Crippen molar-refractivity contribution in [3.8, 4) is 0 Å². The highest BCUT2D eigenvalue weighted by Gasteiger charge is 2.38. The van der Waals surface area contributed by atoms with Crippen molar-refractivity contribution in [2.45, 2.75) is 17.1 Å². The molecule has 0 aromatic heterocycles. The van der Waals surface area contributed by atoms with Crippen molar-refractivity contribution in [2.24, 2.45) is 11.8 Å². The molecule has 0 bridgehead atoms. The minimum Gasteiger partial charge on any atom is -0.338 e. The van der Waals surface area contributed by atoms with Gasteiger partial charge in [0.2, 0.25) is 5.91 Å². The van der Waals surface area contributed by atoms with Gasteiger partial charge in [0.25, 0.3) is 5.91 Å². The molecule has 124 valence electrons. The summed E-state index contributed by atoms with van der Waals surface area (Å²) in [6, 6.07) is 5.65. The minimum atomic E-state index is -0.0838. The van der Waals surface area contributed by atoms with E-state index in [0.29, 0.717) is 17.4 Å². The number of thioether (sulfide) groups is 1. The Morgan fingerprint density at radius 2 is 1.96 bits per heavy atom. The molecule has 4 rings (SSSR count). The number of carbonyl (C=O) groups excluding carboxylic acids is 2. The maximum absolute atomic E-state index is 12.7. The van der Waals surface area contributed by atoms with Crippen LogP contribution in [0.1, 0.15) is 17.3 Å². The van der Waals surface area contributed by atoms with Gasteiger partial charge in [0.15, 0.2) is 0 Å². The lowest BCUT2D eigenvalue weighted by atomic mass is 10.0. The van der Waals surface area contributed by atoms with E-state index < -0.39 is 0 Å². The van der Waals surface area contributed by atoms with E-state index in [1.54, 1.807) is 11.8 Å². The summed E-state index contributed by atoms with van der Waals surface area (Å²) >= 11 is 1.54. The lowest BCUT2D eigenvalue weighted by Crippen LogP contribution is -2.32. The molecule has 7 heteroatoms. The number of benzene rings is 1. The van der Waals surface area contributed by atoms with E-state index in [1.165, 1.54) is 0 Å². The van der Waals surface area contributed by atoms with E-state index in [1.807, 2.05) is 30.0 Å². The summed E-state index contributed by atoms with van der Waals surface area (Å²) in [7, 11) is 0. The first-order valence-corrected chi connectivity index (χ1v) is 8.61. The molecule has 3 atom stereocenters. The molecule has 2 fully saturated rings. The molecule has 1 aromatic rings. The zero-order chi connectivity index (χ0) is 15.3. The molecule has 2 saturated heterocycles. The van der Waals surface area contributed by atoms with Crippen LogP contribution in [0, 0.1) is 11.8 Å². The molecule has 1 aromatic carbocycles. The third-order valence-electron chi connectivity index (χ3n) is 4.83. The molecule has 3 heterocycles. The fraction of sp³-hybridized carbons (Fsp3) is 0.500. The van der Waals surface area contributed by atoms with Gasteiger partial charge in [-0.15, -0.1) is 24.2 Å². The highest BCUT2D eigenvalue weighted by molar-refractivity contribution is 8.00. The summed E-state index contributed by atoms with van der Waals surface area (Å²) in [5, 5.41) is 6.20. The highest BCUT2D eigenvalue weighted by Crippen LogP contribution is 2.36. The van der Waals surface area contributed by atoms with Gasteiger partial charge < -0.3 is 15.5 Å². The number of likely N-dealkylation sites (tertiary alicyclic amines) is 1. The SMILES string of the molecule is CC1Sc2ccc(C(=O)N3C[C@H]4CNC[C@H]4C3)cc2NC1=O.Cl. The van der Waals surface area contributed by atoms with Gasteiger partial charge in [-0.3, -0.25) is 9.59 Å². The molecule has 5 nitrogen and oxygen atoms in total. The number of halogens is 1. The Balaban J connectivity index is 0.00000156. The normalized spacial score (nSPS) is 28.7. The summed E-state index contributed by atoms with van der Waals surface area (Å²) in [6.07, 6.45) is 0. The van der Waals surface area contributed by atoms with E-state index in [2.05, 4.69) is 10.6 Å². The van der Waals surface area contributed by atoms with E-state index in [0.717, 1.165) is 36.8 Å². The lowest BCUT2D eigenvalue weighted by molar-refractivity contribution is -0.115. The van der Waals surface area contributed by atoms with Gasteiger partial charge in [0.05, 0.1) is 10.9 Å². The van der Waals surface area contributed by atoms with Gasteiger partial charge in [-0.25, -0.2) is 0 Å². The molecular formula is C16H20ClN3O2S. The molecule has 2 N–H and O–H groups in total. The van der Waals surface area contributed by atoms with Gasteiger partial charge >= 0.3 is 0 Å². The Hall–Kier alpha value is -1.24. The Kier molecular flexibility index (Phi) is 4.58. The van der Waals surface area contributed by atoms with Gasteiger partial charge in [0, 0.05) is 36.6 Å². The molecule has 0 spiro atoms. The summed E-state index contributed by atoms with van der Waals surface area (Å²) in [4.78, 5) is 27.5. The second-order valence-electron chi connectivity index (χ2n) is 6.35. The van der Waals surface area contributed by atoms with Crippen LogP contribution in [-0.2, 0) is 4.79 Å². The first-order chi connectivity index (χ1) is 10.6. The van der Waals surface area contributed by atoms with Crippen molar-refractivity contribution in [3.63, 3.8) is 0 Å². The Labute approximate surface area is 146 Å². The van der Waals surface area contributed by atoms with Crippen LogP contribution in [0.5, 0.6) is 0 Å². The fourth-order valence-electron chi connectivity index (χ4n) is 3.55. The van der Waals surface area contributed by atoms with Crippen LogP contribution in [0.25, 0.3) is 0 Å². The van der Waals surface area contributed by atoms with Gasteiger partial charge in [-0.05, 0) is 37.0 Å². The number of anilines is 1. The standard InChI is InChI=1S/C16H19N3O2S.ClH/c1-9-15(20)18-13-4-10(2-3-14(13)22-9)16(21)19-7-11-5-17-6-12(11)8-19;/h2-4,9,11-12,17H,5-8H2,1H3,(H,18,20);1H/t9?,11-,12+;. The second-order valence-corrected chi connectivity index (χ2v) is 7.73. The first kappa shape index (κ1) is 16.6. The summed E-state index contributed by atoms with van der Waals surface area (Å²) in [6.45, 7) is 5.60. The van der Waals surface area contributed by atoms with Gasteiger partial charge in [-0.2, -0.15) is 0 Å². The van der Waals surface area contributed by atoms with Crippen molar-refractivity contribution >= 4 is 41.7 Å². The number of nitrogens with one attached hydrogen (secondary N) is 2. The molecule has 1 unspecified atom stereocenters. The molecule has 0 radical (unpaired) electrons. The quantitative estimate of drug-likeness (QED) is 0.808. The van der Waals surface area contributed by atoms with Crippen molar-refractivity contribution in [3.05, 3.63) is 23.8 Å². The number of rotatable bonds is 1. The molecule has 3 aliphatic rings. The van der Waals surface area contributed by atoms with Crippen LogP contribution in [0.4, 0.5) is 5.69 Å². The van der Waals surface area contributed by atoms with E-state index in [9.17, 15) is 9.59 Å². The maximum Gasteiger partial charge on any atom is 0.253 e. The molecule has 2 amide bonds.